The van der Waals surface area contributed by atoms with E-state index in [0.717, 1.165) is 10.7 Å². The van der Waals surface area contributed by atoms with Gasteiger partial charge < -0.3 is 11.1 Å². The molecule has 4 nitrogen and oxygen atoms in total. The molecule has 18 heavy (non-hydrogen) atoms. The van der Waals surface area contributed by atoms with Gasteiger partial charge >= 0.3 is 0 Å². The molecule has 0 saturated carbocycles. The Morgan fingerprint density at radius 2 is 2.33 bits per heavy atom. The molecule has 0 saturated heterocycles. The number of anilines is 1. The number of amides is 1. The number of aromatic nitrogens is 1. The summed E-state index contributed by atoms with van der Waals surface area (Å²) in [5.74, 6) is -0.167. The third-order valence-electron chi connectivity index (χ3n) is 2.37. The molecule has 0 aliphatic carbocycles. The normalized spacial score (nSPS) is 10.3. The van der Waals surface area contributed by atoms with E-state index in [2.05, 4.69) is 26.2 Å². The maximum Gasteiger partial charge on any atom is 0.252 e. The van der Waals surface area contributed by atoms with Gasteiger partial charge in [0.1, 0.15) is 0 Å². The number of thiazole rings is 1. The highest BCUT2D eigenvalue weighted by Crippen LogP contribution is 2.23. The average Bonchev–Trinajstić information content (AvgIpc) is 2.76. The first-order valence-electron chi connectivity index (χ1n) is 5.31. The summed E-state index contributed by atoms with van der Waals surface area (Å²) in [5, 5.41) is 5.74. The standard InChI is InChI=1S/C12H12BrN3OS/c1-7-16-8(6-18-7)5-15-12(17)9-3-2-4-10(14)11(9)13/h2-4,6H,5,14H2,1H3,(H,15,17). The molecule has 0 radical (unpaired) electrons. The van der Waals surface area contributed by atoms with Gasteiger partial charge in [0.2, 0.25) is 0 Å². The first-order chi connectivity index (χ1) is 8.58. The zero-order valence-corrected chi connectivity index (χ0v) is 12.1. The molecular weight excluding hydrogens is 314 g/mol. The summed E-state index contributed by atoms with van der Waals surface area (Å²) in [7, 11) is 0. The fourth-order valence-electron chi connectivity index (χ4n) is 1.48. The number of nitrogens with two attached hydrogens (primary N) is 1. The van der Waals surface area contributed by atoms with Gasteiger partial charge in [0.25, 0.3) is 5.91 Å². The molecule has 0 fully saturated rings. The van der Waals surface area contributed by atoms with Crippen LogP contribution in [0.4, 0.5) is 5.69 Å². The van der Waals surface area contributed by atoms with Crippen LogP contribution in [0.15, 0.2) is 28.1 Å². The highest BCUT2D eigenvalue weighted by molar-refractivity contribution is 9.10. The molecule has 1 aromatic heterocycles. The summed E-state index contributed by atoms with van der Waals surface area (Å²) in [6.07, 6.45) is 0. The van der Waals surface area contributed by atoms with Crippen LogP contribution in [0, 0.1) is 6.92 Å². The number of hydrogen-bond donors (Lipinski definition) is 2. The van der Waals surface area contributed by atoms with Crippen LogP contribution in [0.5, 0.6) is 0 Å². The Hall–Kier alpha value is -1.40. The number of halogens is 1. The minimum Gasteiger partial charge on any atom is -0.398 e. The van der Waals surface area contributed by atoms with Gasteiger partial charge in [-0.2, -0.15) is 0 Å². The number of aryl methyl sites for hydroxylation is 1. The van der Waals surface area contributed by atoms with Gasteiger partial charge in [0, 0.05) is 11.1 Å². The summed E-state index contributed by atoms with van der Waals surface area (Å²) >= 11 is 4.88. The van der Waals surface area contributed by atoms with Crippen molar-refractivity contribution in [3.05, 3.63) is 44.3 Å². The van der Waals surface area contributed by atoms with Crippen LogP contribution in [0.25, 0.3) is 0 Å². The zero-order valence-electron chi connectivity index (χ0n) is 9.74. The van der Waals surface area contributed by atoms with Crippen molar-refractivity contribution in [3.8, 4) is 0 Å². The van der Waals surface area contributed by atoms with E-state index in [0.29, 0.717) is 22.3 Å². The number of rotatable bonds is 3. The highest BCUT2D eigenvalue weighted by Gasteiger charge is 2.11. The Kier molecular flexibility index (Phi) is 3.98. The minimum atomic E-state index is -0.167. The van der Waals surface area contributed by atoms with Gasteiger partial charge in [0.05, 0.1) is 27.3 Å². The Labute approximate surface area is 117 Å². The summed E-state index contributed by atoms with van der Waals surface area (Å²) in [6, 6.07) is 5.22. The van der Waals surface area contributed by atoms with Crippen molar-refractivity contribution >= 4 is 38.9 Å². The molecular formula is C12H12BrN3OS. The fraction of sp³-hybridized carbons (Fsp3) is 0.167. The maximum absolute atomic E-state index is 12.0. The van der Waals surface area contributed by atoms with Gasteiger partial charge in [-0.05, 0) is 35.0 Å². The Morgan fingerprint density at radius 3 is 3.00 bits per heavy atom. The van der Waals surface area contributed by atoms with E-state index in [9.17, 15) is 4.79 Å². The lowest BCUT2D eigenvalue weighted by atomic mass is 10.2. The lowest BCUT2D eigenvalue weighted by Gasteiger charge is -2.07. The van der Waals surface area contributed by atoms with Crippen LogP contribution >= 0.6 is 27.3 Å². The second-order valence-corrected chi connectivity index (χ2v) is 5.60. The predicted molar refractivity (Wildman–Crippen MR) is 76.6 cm³/mol. The second kappa shape index (κ2) is 5.49. The molecule has 0 atom stereocenters. The number of benzene rings is 1. The molecule has 2 aromatic rings. The largest absolute Gasteiger partial charge is 0.398 e. The Balaban J connectivity index is 2.06. The van der Waals surface area contributed by atoms with Crippen molar-refractivity contribution in [1.82, 2.24) is 10.3 Å². The van der Waals surface area contributed by atoms with E-state index in [1.807, 2.05) is 12.3 Å². The van der Waals surface area contributed by atoms with E-state index >= 15 is 0 Å². The Bertz CT molecular complexity index is 582. The lowest BCUT2D eigenvalue weighted by molar-refractivity contribution is 0.0949. The van der Waals surface area contributed by atoms with Crippen molar-refractivity contribution < 1.29 is 4.79 Å². The number of nitrogens with zero attached hydrogens (tertiary/aromatic N) is 1. The third kappa shape index (κ3) is 2.88. The quantitative estimate of drug-likeness (QED) is 0.852. The average molecular weight is 326 g/mol. The van der Waals surface area contributed by atoms with Crippen LogP contribution in [0.2, 0.25) is 0 Å². The molecule has 0 spiro atoms. The number of nitrogen functional groups attached to an aromatic ring is 1. The number of carbonyl (C=O) groups is 1. The summed E-state index contributed by atoms with van der Waals surface area (Å²) < 4.78 is 0.622. The van der Waals surface area contributed by atoms with Crippen LogP contribution in [-0.4, -0.2) is 10.9 Å². The van der Waals surface area contributed by atoms with Crippen LogP contribution in [-0.2, 0) is 6.54 Å². The number of carbonyl (C=O) groups excluding carboxylic acids is 1. The summed E-state index contributed by atoms with van der Waals surface area (Å²) in [4.78, 5) is 16.3. The second-order valence-electron chi connectivity index (χ2n) is 3.75. The predicted octanol–water partition coefficient (Wildman–Crippen LogP) is 2.73. The van der Waals surface area contributed by atoms with E-state index in [1.54, 1.807) is 29.5 Å². The van der Waals surface area contributed by atoms with E-state index in [1.165, 1.54) is 0 Å². The minimum absolute atomic E-state index is 0.167. The van der Waals surface area contributed by atoms with Crippen LogP contribution in [0.3, 0.4) is 0 Å². The molecule has 6 heteroatoms. The number of nitrogens with one attached hydrogen (secondary N) is 1. The van der Waals surface area contributed by atoms with E-state index < -0.39 is 0 Å². The smallest absolute Gasteiger partial charge is 0.252 e. The first kappa shape index (κ1) is 13.0. The fourth-order valence-corrected chi connectivity index (χ4v) is 2.54. The van der Waals surface area contributed by atoms with Crippen molar-refractivity contribution in [1.29, 1.82) is 0 Å². The van der Waals surface area contributed by atoms with Crippen molar-refractivity contribution in [3.63, 3.8) is 0 Å². The van der Waals surface area contributed by atoms with E-state index in [4.69, 9.17) is 5.73 Å². The summed E-state index contributed by atoms with van der Waals surface area (Å²) in [5.41, 5.74) is 7.68. The van der Waals surface area contributed by atoms with E-state index in [-0.39, 0.29) is 5.91 Å². The molecule has 94 valence electrons. The topological polar surface area (TPSA) is 68.0 Å². The van der Waals surface area contributed by atoms with Crippen molar-refractivity contribution in [2.24, 2.45) is 0 Å². The van der Waals surface area contributed by atoms with Gasteiger partial charge in [0.15, 0.2) is 0 Å². The molecule has 0 aliphatic rings. The lowest BCUT2D eigenvalue weighted by Crippen LogP contribution is -2.23. The van der Waals surface area contributed by atoms with Crippen LogP contribution < -0.4 is 11.1 Å². The Morgan fingerprint density at radius 1 is 1.56 bits per heavy atom. The molecule has 1 amide bonds. The van der Waals surface area contributed by atoms with Gasteiger partial charge in [-0.15, -0.1) is 11.3 Å². The molecule has 0 bridgehead atoms. The van der Waals surface area contributed by atoms with Crippen molar-refractivity contribution in [2.75, 3.05) is 5.73 Å². The summed E-state index contributed by atoms with van der Waals surface area (Å²) in [6.45, 7) is 2.36. The molecule has 3 N–H and O–H groups in total. The maximum atomic E-state index is 12.0. The van der Waals surface area contributed by atoms with Gasteiger partial charge in [-0.1, -0.05) is 6.07 Å². The van der Waals surface area contributed by atoms with Gasteiger partial charge in [-0.25, -0.2) is 4.98 Å². The van der Waals surface area contributed by atoms with Gasteiger partial charge in [-0.3, -0.25) is 4.79 Å². The molecule has 1 aromatic carbocycles. The molecule has 1 heterocycles. The van der Waals surface area contributed by atoms with Crippen LogP contribution in [0.1, 0.15) is 21.1 Å². The molecule has 0 aliphatic heterocycles. The zero-order chi connectivity index (χ0) is 13.1. The highest BCUT2D eigenvalue weighted by atomic mass is 79.9. The van der Waals surface area contributed by atoms with Crippen molar-refractivity contribution in [2.45, 2.75) is 13.5 Å². The molecule has 0 unspecified atom stereocenters. The monoisotopic (exact) mass is 325 g/mol. The SMILES string of the molecule is Cc1nc(CNC(=O)c2cccc(N)c2Br)cs1. The third-order valence-corrected chi connectivity index (χ3v) is 4.08. The molecule has 2 rings (SSSR count). The number of hydrogen-bond acceptors (Lipinski definition) is 4. The first-order valence-corrected chi connectivity index (χ1v) is 6.98.